The number of rotatable bonds is 2. The topological polar surface area (TPSA) is 46.3 Å². The lowest BCUT2D eigenvalue weighted by molar-refractivity contribution is -0.118. The summed E-state index contributed by atoms with van der Waals surface area (Å²) >= 11 is 0. The molecule has 0 saturated heterocycles. The van der Waals surface area contributed by atoms with Crippen LogP contribution in [0.2, 0.25) is 0 Å². The SMILES string of the molecule is Cc1ccc2c(c1)C(C(=O)CN)CN2C. The van der Waals surface area contributed by atoms with Crippen molar-refractivity contribution >= 4 is 11.5 Å². The van der Waals surface area contributed by atoms with Crippen molar-refractivity contribution in [2.24, 2.45) is 5.73 Å². The van der Waals surface area contributed by atoms with Gasteiger partial charge in [0.25, 0.3) is 0 Å². The van der Waals surface area contributed by atoms with E-state index in [2.05, 4.69) is 23.1 Å². The lowest BCUT2D eigenvalue weighted by Gasteiger charge is -2.11. The number of likely N-dealkylation sites (N-methyl/N-ethyl adjacent to an activating group) is 1. The van der Waals surface area contributed by atoms with Gasteiger partial charge in [0.2, 0.25) is 0 Å². The number of carbonyl (C=O) groups excluding carboxylic acids is 1. The molecule has 80 valence electrons. The highest BCUT2D eigenvalue weighted by molar-refractivity contribution is 5.91. The van der Waals surface area contributed by atoms with Gasteiger partial charge in [-0.2, -0.15) is 0 Å². The lowest BCUT2D eigenvalue weighted by Crippen LogP contribution is -2.25. The van der Waals surface area contributed by atoms with Crippen molar-refractivity contribution < 1.29 is 4.79 Å². The molecule has 1 aromatic carbocycles. The van der Waals surface area contributed by atoms with E-state index >= 15 is 0 Å². The van der Waals surface area contributed by atoms with Crippen LogP contribution in [-0.4, -0.2) is 25.9 Å². The summed E-state index contributed by atoms with van der Waals surface area (Å²) in [7, 11) is 2.01. The van der Waals surface area contributed by atoms with E-state index in [1.807, 2.05) is 14.0 Å². The van der Waals surface area contributed by atoms with E-state index in [1.54, 1.807) is 0 Å². The highest BCUT2D eigenvalue weighted by Gasteiger charge is 2.30. The first kappa shape index (κ1) is 10.2. The lowest BCUT2D eigenvalue weighted by atomic mass is 9.95. The molecular weight excluding hydrogens is 188 g/mol. The molecule has 0 fully saturated rings. The predicted octanol–water partition coefficient (Wildman–Crippen LogP) is 1.06. The van der Waals surface area contributed by atoms with E-state index < -0.39 is 0 Å². The molecule has 2 rings (SSSR count). The summed E-state index contributed by atoms with van der Waals surface area (Å²) in [6.45, 7) is 2.93. The smallest absolute Gasteiger partial charge is 0.155 e. The summed E-state index contributed by atoms with van der Waals surface area (Å²) in [6.07, 6.45) is 0. The second-order valence-electron chi connectivity index (χ2n) is 4.17. The van der Waals surface area contributed by atoms with Gasteiger partial charge in [-0.3, -0.25) is 4.79 Å². The zero-order valence-electron chi connectivity index (χ0n) is 9.16. The Hall–Kier alpha value is -1.35. The van der Waals surface area contributed by atoms with Gasteiger partial charge in [0.15, 0.2) is 5.78 Å². The molecule has 0 aliphatic carbocycles. The minimum Gasteiger partial charge on any atom is -0.373 e. The maximum absolute atomic E-state index is 11.7. The number of ketones is 1. The van der Waals surface area contributed by atoms with Crippen molar-refractivity contribution in [3.05, 3.63) is 29.3 Å². The van der Waals surface area contributed by atoms with Crippen LogP contribution in [0.3, 0.4) is 0 Å². The average Bonchev–Trinajstić information content (AvgIpc) is 2.54. The normalized spacial score (nSPS) is 19.1. The van der Waals surface area contributed by atoms with E-state index in [1.165, 1.54) is 5.56 Å². The van der Waals surface area contributed by atoms with Crippen molar-refractivity contribution in [1.29, 1.82) is 0 Å². The zero-order chi connectivity index (χ0) is 11.0. The van der Waals surface area contributed by atoms with Gasteiger partial charge >= 0.3 is 0 Å². The molecule has 3 nitrogen and oxygen atoms in total. The van der Waals surface area contributed by atoms with E-state index in [9.17, 15) is 4.79 Å². The second kappa shape index (κ2) is 3.66. The summed E-state index contributed by atoms with van der Waals surface area (Å²) < 4.78 is 0. The number of carbonyl (C=O) groups is 1. The van der Waals surface area contributed by atoms with Crippen LogP contribution >= 0.6 is 0 Å². The van der Waals surface area contributed by atoms with E-state index in [0.29, 0.717) is 0 Å². The van der Waals surface area contributed by atoms with Gasteiger partial charge in [0, 0.05) is 19.3 Å². The predicted molar refractivity (Wildman–Crippen MR) is 61.3 cm³/mol. The molecule has 1 unspecified atom stereocenters. The first-order valence-corrected chi connectivity index (χ1v) is 5.18. The monoisotopic (exact) mass is 204 g/mol. The first-order chi connectivity index (χ1) is 7.13. The van der Waals surface area contributed by atoms with Crippen molar-refractivity contribution in [2.45, 2.75) is 12.8 Å². The fourth-order valence-corrected chi connectivity index (χ4v) is 2.19. The molecule has 1 heterocycles. The summed E-state index contributed by atoms with van der Waals surface area (Å²) in [5.74, 6) is 0.0982. The number of aryl methyl sites for hydroxylation is 1. The number of nitrogens with two attached hydrogens (primary N) is 1. The van der Waals surface area contributed by atoms with Crippen LogP contribution in [0.25, 0.3) is 0 Å². The number of hydrogen-bond donors (Lipinski definition) is 1. The molecule has 0 radical (unpaired) electrons. The maximum Gasteiger partial charge on any atom is 0.155 e. The molecule has 3 heteroatoms. The molecule has 1 aliphatic heterocycles. The Morgan fingerprint density at radius 1 is 1.60 bits per heavy atom. The van der Waals surface area contributed by atoms with Crippen molar-refractivity contribution in [3.63, 3.8) is 0 Å². The van der Waals surface area contributed by atoms with Gasteiger partial charge in [0.1, 0.15) is 0 Å². The van der Waals surface area contributed by atoms with Crippen LogP contribution in [0.4, 0.5) is 5.69 Å². The summed E-state index contributed by atoms with van der Waals surface area (Å²) in [4.78, 5) is 13.8. The molecule has 15 heavy (non-hydrogen) atoms. The zero-order valence-corrected chi connectivity index (χ0v) is 9.16. The quantitative estimate of drug-likeness (QED) is 0.783. The van der Waals surface area contributed by atoms with Gasteiger partial charge in [-0.1, -0.05) is 17.7 Å². The van der Waals surface area contributed by atoms with Gasteiger partial charge in [-0.15, -0.1) is 0 Å². The van der Waals surface area contributed by atoms with Crippen LogP contribution in [0.15, 0.2) is 18.2 Å². The molecule has 0 saturated carbocycles. The minimum atomic E-state index is -0.0325. The minimum absolute atomic E-state index is 0.0325. The Balaban J connectivity index is 2.44. The summed E-state index contributed by atoms with van der Waals surface area (Å²) in [6, 6.07) is 6.25. The highest BCUT2D eigenvalue weighted by Crippen LogP contribution is 2.36. The van der Waals surface area contributed by atoms with Crippen LogP contribution in [0.5, 0.6) is 0 Å². The molecular formula is C12H16N2O. The Morgan fingerprint density at radius 3 is 3.00 bits per heavy atom. The highest BCUT2D eigenvalue weighted by atomic mass is 16.1. The molecule has 0 aromatic heterocycles. The fraction of sp³-hybridized carbons (Fsp3) is 0.417. The number of nitrogens with zero attached hydrogens (tertiary/aromatic N) is 1. The van der Waals surface area contributed by atoms with Crippen molar-refractivity contribution in [2.75, 3.05) is 25.0 Å². The van der Waals surface area contributed by atoms with Gasteiger partial charge < -0.3 is 10.6 Å². The standard InChI is InChI=1S/C12H16N2O/c1-8-3-4-11-9(5-8)10(7-14(11)2)12(15)6-13/h3-5,10H,6-7,13H2,1-2H3. The Kier molecular flexibility index (Phi) is 2.49. The van der Waals surface area contributed by atoms with Gasteiger partial charge in [-0.25, -0.2) is 0 Å². The first-order valence-electron chi connectivity index (χ1n) is 5.18. The molecule has 2 N–H and O–H groups in total. The van der Waals surface area contributed by atoms with Crippen LogP contribution < -0.4 is 10.6 Å². The Labute approximate surface area is 89.9 Å². The van der Waals surface area contributed by atoms with E-state index in [-0.39, 0.29) is 18.2 Å². The summed E-state index contributed by atoms with van der Waals surface area (Å²) in [5.41, 5.74) is 8.91. The Morgan fingerprint density at radius 2 is 2.33 bits per heavy atom. The van der Waals surface area contributed by atoms with Crippen LogP contribution in [0.1, 0.15) is 17.0 Å². The number of Topliss-reactive ketones (excluding diaryl/α,β-unsaturated/α-hetero) is 1. The second-order valence-corrected chi connectivity index (χ2v) is 4.17. The molecule has 1 atom stereocenters. The molecule has 0 amide bonds. The van der Waals surface area contributed by atoms with Crippen molar-refractivity contribution in [1.82, 2.24) is 0 Å². The van der Waals surface area contributed by atoms with Gasteiger partial charge in [-0.05, 0) is 18.6 Å². The molecule has 0 spiro atoms. The Bertz CT molecular complexity index is 401. The average molecular weight is 204 g/mol. The third-order valence-electron chi connectivity index (χ3n) is 3.02. The third kappa shape index (κ3) is 1.63. The number of anilines is 1. The van der Waals surface area contributed by atoms with Crippen molar-refractivity contribution in [3.8, 4) is 0 Å². The van der Waals surface area contributed by atoms with Gasteiger partial charge in [0.05, 0.1) is 12.5 Å². The largest absolute Gasteiger partial charge is 0.373 e. The summed E-state index contributed by atoms with van der Waals surface area (Å²) in [5, 5.41) is 0. The third-order valence-corrected chi connectivity index (χ3v) is 3.02. The molecule has 1 aliphatic rings. The van der Waals surface area contributed by atoms with E-state index in [0.717, 1.165) is 17.8 Å². The molecule has 0 bridgehead atoms. The number of fused-ring (bicyclic) bond motifs is 1. The van der Waals surface area contributed by atoms with E-state index in [4.69, 9.17) is 5.73 Å². The fourth-order valence-electron chi connectivity index (χ4n) is 2.19. The van der Waals surface area contributed by atoms with Crippen LogP contribution in [-0.2, 0) is 4.79 Å². The number of benzene rings is 1. The van der Waals surface area contributed by atoms with Crippen LogP contribution in [0, 0.1) is 6.92 Å². The maximum atomic E-state index is 11.7. The number of hydrogen-bond acceptors (Lipinski definition) is 3. The molecule has 1 aromatic rings.